The maximum Gasteiger partial charge on any atom is 0.0721 e. The van der Waals surface area contributed by atoms with Gasteiger partial charge in [0.1, 0.15) is 0 Å². The molecule has 0 spiro atoms. The Morgan fingerprint density at radius 3 is 2.78 bits per heavy atom. The molecule has 0 radical (unpaired) electrons. The molecule has 2 heteroatoms. The number of nitrogens with zero attached hydrogens (tertiary/aromatic N) is 1. The van der Waals surface area contributed by atoms with Gasteiger partial charge in [0.05, 0.1) is 5.60 Å². The Bertz CT molecular complexity index is 382. The van der Waals surface area contributed by atoms with Crippen LogP contribution < -0.4 is 0 Å². The maximum absolute atomic E-state index is 11.1. The topological polar surface area (TPSA) is 33.1 Å². The third-order valence-electron chi connectivity index (χ3n) is 4.28. The van der Waals surface area contributed by atoms with Gasteiger partial charge in [-0.3, -0.25) is 4.98 Å². The smallest absolute Gasteiger partial charge is 0.0721 e. The van der Waals surface area contributed by atoms with Crippen LogP contribution in [0.15, 0.2) is 24.5 Å². The molecular formula is C16H25NO. The molecule has 1 aromatic heterocycles. The standard InChI is InChI=1S/C16H25NO/c1-15(2,3)14-8-4-5-9-16(14,18)11-13-7-6-10-17-12-13/h6-7,10,12,14,18H,4-5,8-9,11H2,1-3H3. The van der Waals surface area contributed by atoms with Crippen LogP contribution in [0.2, 0.25) is 0 Å². The second-order valence-electron chi connectivity index (χ2n) is 6.81. The van der Waals surface area contributed by atoms with E-state index in [1.54, 1.807) is 6.20 Å². The van der Waals surface area contributed by atoms with Crippen LogP contribution in [0.3, 0.4) is 0 Å². The van der Waals surface area contributed by atoms with Crippen molar-refractivity contribution in [3.8, 4) is 0 Å². The van der Waals surface area contributed by atoms with Crippen molar-refractivity contribution in [1.29, 1.82) is 0 Å². The van der Waals surface area contributed by atoms with E-state index < -0.39 is 5.60 Å². The quantitative estimate of drug-likeness (QED) is 0.866. The molecule has 1 aliphatic carbocycles. The zero-order valence-corrected chi connectivity index (χ0v) is 11.8. The number of aliphatic hydroxyl groups is 1. The molecule has 2 nitrogen and oxygen atoms in total. The third kappa shape index (κ3) is 2.92. The van der Waals surface area contributed by atoms with Crippen molar-refractivity contribution in [3.63, 3.8) is 0 Å². The minimum absolute atomic E-state index is 0.164. The highest BCUT2D eigenvalue weighted by atomic mass is 16.3. The molecule has 2 rings (SSSR count). The van der Waals surface area contributed by atoms with Crippen molar-refractivity contribution in [3.05, 3.63) is 30.1 Å². The lowest BCUT2D eigenvalue weighted by Gasteiger charge is -2.47. The van der Waals surface area contributed by atoms with Crippen molar-refractivity contribution >= 4 is 0 Å². The van der Waals surface area contributed by atoms with Gasteiger partial charge in [0.2, 0.25) is 0 Å². The van der Waals surface area contributed by atoms with Crippen LogP contribution in [0.25, 0.3) is 0 Å². The Labute approximate surface area is 110 Å². The molecule has 0 amide bonds. The van der Waals surface area contributed by atoms with Crippen LogP contribution in [0.1, 0.15) is 52.0 Å². The van der Waals surface area contributed by atoms with Gasteiger partial charge in [-0.15, -0.1) is 0 Å². The van der Waals surface area contributed by atoms with E-state index in [1.165, 1.54) is 6.42 Å². The Morgan fingerprint density at radius 1 is 1.39 bits per heavy atom. The van der Waals surface area contributed by atoms with E-state index in [1.807, 2.05) is 12.3 Å². The van der Waals surface area contributed by atoms with E-state index in [0.717, 1.165) is 31.2 Å². The molecule has 2 unspecified atom stereocenters. The van der Waals surface area contributed by atoms with Crippen molar-refractivity contribution < 1.29 is 5.11 Å². The molecule has 0 aromatic carbocycles. The monoisotopic (exact) mass is 247 g/mol. The molecule has 2 atom stereocenters. The summed E-state index contributed by atoms with van der Waals surface area (Å²) < 4.78 is 0. The van der Waals surface area contributed by atoms with Crippen LogP contribution >= 0.6 is 0 Å². The van der Waals surface area contributed by atoms with Crippen LogP contribution in [0, 0.1) is 11.3 Å². The highest BCUT2D eigenvalue weighted by Crippen LogP contribution is 2.45. The number of pyridine rings is 1. The Hall–Kier alpha value is -0.890. The second kappa shape index (κ2) is 5.00. The van der Waals surface area contributed by atoms with E-state index in [9.17, 15) is 5.11 Å². The molecule has 0 aliphatic heterocycles. The van der Waals surface area contributed by atoms with E-state index in [-0.39, 0.29) is 5.41 Å². The summed E-state index contributed by atoms with van der Waals surface area (Å²) in [6, 6.07) is 4.02. The summed E-state index contributed by atoms with van der Waals surface area (Å²) in [7, 11) is 0. The molecule has 1 aliphatic rings. The summed E-state index contributed by atoms with van der Waals surface area (Å²) >= 11 is 0. The van der Waals surface area contributed by atoms with Gasteiger partial charge in [-0.2, -0.15) is 0 Å². The number of aromatic nitrogens is 1. The molecule has 1 fully saturated rings. The van der Waals surface area contributed by atoms with Gasteiger partial charge in [-0.1, -0.05) is 39.7 Å². The van der Waals surface area contributed by atoms with Gasteiger partial charge < -0.3 is 5.11 Å². The summed E-state index contributed by atoms with van der Waals surface area (Å²) in [4.78, 5) is 4.16. The van der Waals surface area contributed by atoms with Gasteiger partial charge in [0.15, 0.2) is 0 Å². The zero-order chi connectivity index (χ0) is 13.2. The number of rotatable bonds is 2. The molecule has 100 valence electrons. The molecule has 0 bridgehead atoms. The minimum atomic E-state index is -0.556. The van der Waals surface area contributed by atoms with E-state index in [0.29, 0.717) is 5.92 Å². The van der Waals surface area contributed by atoms with Crippen molar-refractivity contribution in [2.75, 3.05) is 0 Å². The van der Waals surface area contributed by atoms with Gasteiger partial charge in [0, 0.05) is 18.8 Å². The van der Waals surface area contributed by atoms with Gasteiger partial charge >= 0.3 is 0 Å². The Balaban J connectivity index is 2.21. The Morgan fingerprint density at radius 2 is 2.17 bits per heavy atom. The molecule has 0 saturated heterocycles. The summed E-state index contributed by atoms with van der Waals surface area (Å²) in [6.45, 7) is 6.74. The lowest BCUT2D eigenvalue weighted by Crippen LogP contribution is -2.48. The normalized spacial score (nSPS) is 29.2. The summed E-state index contributed by atoms with van der Waals surface area (Å²) in [5, 5.41) is 11.1. The van der Waals surface area contributed by atoms with E-state index in [2.05, 4.69) is 31.8 Å². The molecule has 1 aromatic rings. The SMILES string of the molecule is CC(C)(C)C1CCCCC1(O)Cc1cccnc1. The molecule has 1 N–H and O–H groups in total. The lowest BCUT2D eigenvalue weighted by atomic mass is 9.62. The fraction of sp³-hybridized carbons (Fsp3) is 0.688. The van der Waals surface area contributed by atoms with Gasteiger partial charge in [0.25, 0.3) is 0 Å². The largest absolute Gasteiger partial charge is 0.389 e. The minimum Gasteiger partial charge on any atom is -0.389 e. The predicted molar refractivity (Wildman–Crippen MR) is 74.3 cm³/mol. The van der Waals surface area contributed by atoms with Crippen molar-refractivity contribution in [1.82, 2.24) is 4.98 Å². The average molecular weight is 247 g/mol. The number of hydrogen-bond donors (Lipinski definition) is 1. The average Bonchev–Trinajstić information content (AvgIpc) is 2.28. The highest BCUT2D eigenvalue weighted by molar-refractivity contribution is 5.14. The molecule has 18 heavy (non-hydrogen) atoms. The Kier molecular flexibility index (Phi) is 3.76. The first-order chi connectivity index (χ1) is 8.42. The lowest BCUT2D eigenvalue weighted by molar-refractivity contribution is -0.0889. The second-order valence-corrected chi connectivity index (χ2v) is 6.81. The van der Waals surface area contributed by atoms with Crippen LogP contribution in [0.5, 0.6) is 0 Å². The van der Waals surface area contributed by atoms with E-state index in [4.69, 9.17) is 0 Å². The first-order valence-corrected chi connectivity index (χ1v) is 7.03. The third-order valence-corrected chi connectivity index (χ3v) is 4.28. The van der Waals surface area contributed by atoms with Gasteiger partial charge in [-0.25, -0.2) is 0 Å². The predicted octanol–water partition coefficient (Wildman–Crippen LogP) is 3.59. The van der Waals surface area contributed by atoms with Crippen LogP contribution in [0.4, 0.5) is 0 Å². The van der Waals surface area contributed by atoms with Crippen LogP contribution in [-0.2, 0) is 6.42 Å². The van der Waals surface area contributed by atoms with Gasteiger partial charge in [-0.05, 0) is 35.8 Å². The highest BCUT2D eigenvalue weighted by Gasteiger charge is 2.44. The fourth-order valence-electron chi connectivity index (χ4n) is 3.53. The van der Waals surface area contributed by atoms with Crippen LogP contribution in [-0.4, -0.2) is 15.7 Å². The first-order valence-electron chi connectivity index (χ1n) is 7.03. The first kappa shape index (κ1) is 13.5. The molecule has 1 saturated carbocycles. The summed E-state index contributed by atoms with van der Waals surface area (Å²) in [5.74, 6) is 0.374. The van der Waals surface area contributed by atoms with Crippen molar-refractivity contribution in [2.24, 2.45) is 11.3 Å². The zero-order valence-electron chi connectivity index (χ0n) is 11.8. The number of hydrogen-bond acceptors (Lipinski definition) is 2. The molecule has 1 heterocycles. The molecular weight excluding hydrogens is 222 g/mol. The van der Waals surface area contributed by atoms with E-state index >= 15 is 0 Å². The van der Waals surface area contributed by atoms with Crippen molar-refractivity contribution in [2.45, 2.75) is 58.5 Å². The summed E-state index contributed by atoms with van der Waals surface area (Å²) in [5.41, 5.74) is 0.757. The fourth-order valence-corrected chi connectivity index (χ4v) is 3.53. The summed E-state index contributed by atoms with van der Waals surface area (Å²) in [6.07, 6.45) is 8.86. The maximum atomic E-state index is 11.1.